The summed E-state index contributed by atoms with van der Waals surface area (Å²) in [5.41, 5.74) is 0.942. The number of rotatable bonds is 4. The van der Waals surface area contributed by atoms with Crippen molar-refractivity contribution in [3.8, 4) is 5.88 Å². The van der Waals surface area contributed by atoms with Gasteiger partial charge in [-0.05, 0) is 79.6 Å². The smallest absolute Gasteiger partial charge is 0.412 e. The van der Waals surface area contributed by atoms with Crippen molar-refractivity contribution in [2.45, 2.75) is 39.4 Å². The number of carbonyl (C=O) groups excluding carboxylic acids is 1. The molecule has 1 N–H and O–H groups in total. The van der Waals surface area contributed by atoms with Crippen LogP contribution in [0.1, 0.15) is 39.4 Å². The Morgan fingerprint density at radius 1 is 1.36 bits per heavy atom. The summed E-state index contributed by atoms with van der Waals surface area (Å²) in [6.07, 6.45) is 0.800. The molecular formula is C17H19ClIN3O3. The average molecular weight is 476 g/mol. The minimum absolute atomic E-state index is 0.128. The lowest BCUT2D eigenvalue weighted by molar-refractivity contribution is 0.0636. The highest BCUT2D eigenvalue weighted by Gasteiger charge is 2.17. The van der Waals surface area contributed by atoms with E-state index in [2.05, 4.69) is 37.9 Å². The third-order valence-corrected chi connectivity index (χ3v) is 3.89. The van der Waals surface area contributed by atoms with Crippen LogP contribution in [-0.2, 0) is 4.74 Å². The van der Waals surface area contributed by atoms with Crippen molar-refractivity contribution in [2.24, 2.45) is 0 Å². The van der Waals surface area contributed by atoms with Gasteiger partial charge in [-0.2, -0.15) is 4.98 Å². The second kappa shape index (κ2) is 8.18. The molecule has 0 bridgehead atoms. The summed E-state index contributed by atoms with van der Waals surface area (Å²) in [6.45, 7) is 7.33. The van der Waals surface area contributed by atoms with Crippen LogP contribution >= 0.6 is 34.2 Å². The van der Waals surface area contributed by atoms with Gasteiger partial charge >= 0.3 is 6.09 Å². The highest BCUT2D eigenvalue weighted by atomic mass is 127. The van der Waals surface area contributed by atoms with E-state index in [1.54, 1.807) is 12.3 Å². The molecule has 0 aliphatic carbocycles. The number of amides is 1. The first-order chi connectivity index (χ1) is 11.6. The number of hydrogen-bond donors (Lipinski definition) is 1. The standard InChI is InChI=1S/C17H19ClIN3O3/c1-10(24-14-13(19)9-20-15(18)22-14)11-6-5-7-12(8-11)21-16(23)25-17(2,3)4/h5-10H,1-4H3,(H,21,23)/t10-/m1/s1. The van der Waals surface area contributed by atoms with Gasteiger partial charge in [0.15, 0.2) is 0 Å². The zero-order chi connectivity index (χ0) is 18.6. The molecule has 0 fully saturated rings. The fraction of sp³-hybridized carbons (Fsp3) is 0.353. The lowest BCUT2D eigenvalue weighted by Gasteiger charge is -2.20. The maximum absolute atomic E-state index is 11.9. The van der Waals surface area contributed by atoms with Crippen LogP contribution in [0.5, 0.6) is 5.88 Å². The molecule has 0 spiro atoms. The molecule has 1 atom stereocenters. The Hall–Kier alpha value is -1.61. The van der Waals surface area contributed by atoms with Crippen LogP contribution in [0.4, 0.5) is 10.5 Å². The maximum Gasteiger partial charge on any atom is 0.412 e. The van der Waals surface area contributed by atoms with E-state index in [1.165, 1.54) is 0 Å². The quantitative estimate of drug-likeness (QED) is 0.485. The summed E-state index contributed by atoms with van der Waals surface area (Å²) >= 11 is 7.90. The number of ether oxygens (including phenoxy) is 2. The molecule has 0 saturated heterocycles. The van der Waals surface area contributed by atoms with Gasteiger partial charge in [-0.15, -0.1) is 0 Å². The van der Waals surface area contributed by atoms with Gasteiger partial charge in [0, 0.05) is 11.9 Å². The van der Waals surface area contributed by atoms with Crippen LogP contribution < -0.4 is 10.1 Å². The second-order valence-electron chi connectivity index (χ2n) is 6.30. The molecule has 134 valence electrons. The predicted molar refractivity (Wildman–Crippen MR) is 105 cm³/mol. The Morgan fingerprint density at radius 3 is 2.76 bits per heavy atom. The highest BCUT2D eigenvalue weighted by Crippen LogP contribution is 2.26. The van der Waals surface area contributed by atoms with E-state index in [1.807, 2.05) is 45.9 Å². The van der Waals surface area contributed by atoms with Gasteiger partial charge in [-0.1, -0.05) is 12.1 Å². The van der Waals surface area contributed by atoms with Crippen molar-refractivity contribution in [2.75, 3.05) is 5.32 Å². The third-order valence-electron chi connectivity index (χ3n) is 2.97. The summed E-state index contributed by atoms with van der Waals surface area (Å²) in [7, 11) is 0. The molecule has 0 unspecified atom stereocenters. The maximum atomic E-state index is 11.9. The largest absolute Gasteiger partial charge is 0.469 e. The van der Waals surface area contributed by atoms with E-state index in [0.717, 1.165) is 9.13 Å². The molecule has 2 aromatic rings. The van der Waals surface area contributed by atoms with Crippen molar-refractivity contribution < 1.29 is 14.3 Å². The molecular weight excluding hydrogens is 457 g/mol. The van der Waals surface area contributed by atoms with E-state index < -0.39 is 11.7 Å². The Kier molecular flexibility index (Phi) is 6.45. The van der Waals surface area contributed by atoms with E-state index in [4.69, 9.17) is 21.1 Å². The number of aromatic nitrogens is 2. The monoisotopic (exact) mass is 475 g/mol. The van der Waals surface area contributed by atoms with Crippen LogP contribution in [-0.4, -0.2) is 21.7 Å². The van der Waals surface area contributed by atoms with Crippen LogP contribution in [0.3, 0.4) is 0 Å². The SMILES string of the molecule is C[C@@H](Oc1nc(Cl)ncc1I)c1cccc(NC(=O)OC(C)(C)C)c1. The summed E-state index contributed by atoms with van der Waals surface area (Å²) in [5, 5.41) is 2.84. The molecule has 0 radical (unpaired) electrons. The normalized spacial score (nSPS) is 12.4. The number of halogens is 2. The lowest BCUT2D eigenvalue weighted by Crippen LogP contribution is -2.27. The fourth-order valence-electron chi connectivity index (χ4n) is 1.94. The Morgan fingerprint density at radius 2 is 2.08 bits per heavy atom. The van der Waals surface area contributed by atoms with Crippen molar-refractivity contribution in [3.05, 3.63) is 44.9 Å². The molecule has 1 aromatic carbocycles. The van der Waals surface area contributed by atoms with Crippen LogP contribution in [0.15, 0.2) is 30.5 Å². The number of nitrogens with zero attached hydrogens (tertiary/aromatic N) is 2. The molecule has 8 heteroatoms. The zero-order valence-corrected chi connectivity index (χ0v) is 17.3. The van der Waals surface area contributed by atoms with Crippen LogP contribution in [0.2, 0.25) is 5.28 Å². The minimum atomic E-state index is -0.554. The van der Waals surface area contributed by atoms with Crippen molar-refractivity contribution in [1.82, 2.24) is 9.97 Å². The van der Waals surface area contributed by atoms with Gasteiger partial charge in [0.2, 0.25) is 11.2 Å². The van der Waals surface area contributed by atoms with Gasteiger partial charge in [0.25, 0.3) is 0 Å². The Bertz CT molecular complexity index is 765. The molecule has 0 saturated carbocycles. The molecule has 2 rings (SSSR count). The van der Waals surface area contributed by atoms with Crippen molar-refractivity contribution in [3.63, 3.8) is 0 Å². The Labute approximate surface area is 165 Å². The number of anilines is 1. The summed E-state index contributed by atoms with van der Waals surface area (Å²) in [6, 6.07) is 7.34. The third kappa shape index (κ3) is 6.32. The van der Waals surface area contributed by atoms with Crippen molar-refractivity contribution >= 4 is 46.0 Å². The lowest BCUT2D eigenvalue weighted by atomic mass is 10.1. The van der Waals surface area contributed by atoms with Crippen LogP contribution in [0.25, 0.3) is 0 Å². The first-order valence-corrected chi connectivity index (χ1v) is 9.04. The second-order valence-corrected chi connectivity index (χ2v) is 7.80. The zero-order valence-electron chi connectivity index (χ0n) is 14.3. The van der Waals surface area contributed by atoms with Crippen molar-refractivity contribution in [1.29, 1.82) is 0 Å². The first kappa shape index (κ1) is 19.7. The predicted octanol–water partition coefficient (Wildman–Crippen LogP) is 5.22. The number of benzene rings is 1. The number of hydrogen-bond acceptors (Lipinski definition) is 5. The molecule has 0 aliphatic heterocycles. The summed E-state index contributed by atoms with van der Waals surface area (Å²) < 4.78 is 11.9. The average Bonchev–Trinajstić information content (AvgIpc) is 2.49. The minimum Gasteiger partial charge on any atom is -0.469 e. The van der Waals surface area contributed by atoms with E-state index in [9.17, 15) is 4.79 Å². The molecule has 1 aromatic heterocycles. The van der Waals surface area contributed by atoms with Gasteiger partial charge < -0.3 is 9.47 Å². The number of carbonyl (C=O) groups is 1. The fourth-order valence-corrected chi connectivity index (χ4v) is 2.45. The number of nitrogens with one attached hydrogen (secondary N) is 1. The molecule has 25 heavy (non-hydrogen) atoms. The van der Waals surface area contributed by atoms with Gasteiger partial charge in [-0.3, -0.25) is 5.32 Å². The van der Waals surface area contributed by atoms with Gasteiger partial charge in [0.1, 0.15) is 11.7 Å². The summed E-state index contributed by atoms with van der Waals surface area (Å²) in [5.74, 6) is 0.415. The highest BCUT2D eigenvalue weighted by molar-refractivity contribution is 14.1. The Balaban J connectivity index is 2.09. The molecule has 6 nitrogen and oxygen atoms in total. The van der Waals surface area contributed by atoms with E-state index in [-0.39, 0.29) is 11.4 Å². The van der Waals surface area contributed by atoms with Gasteiger partial charge in [-0.25, -0.2) is 9.78 Å². The molecule has 1 heterocycles. The first-order valence-electron chi connectivity index (χ1n) is 7.59. The van der Waals surface area contributed by atoms with Gasteiger partial charge in [0.05, 0.1) is 3.57 Å². The van der Waals surface area contributed by atoms with Crippen LogP contribution in [0, 0.1) is 3.57 Å². The van der Waals surface area contributed by atoms with E-state index >= 15 is 0 Å². The molecule has 0 aliphatic rings. The summed E-state index contributed by atoms with van der Waals surface area (Å²) in [4.78, 5) is 19.9. The molecule has 1 amide bonds. The topological polar surface area (TPSA) is 73.3 Å². The van der Waals surface area contributed by atoms with E-state index in [0.29, 0.717) is 11.6 Å².